The smallest absolute Gasteiger partial charge is 0.237 e. The number of rotatable bonds is 16. The van der Waals surface area contributed by atoms with Gasteiger partial charge in [-0.3, -0.25) is 33.7 Å². The second-order valence-electron chi connectivity index (χ2n) is 21.5. The van der Waals surface area contributed by atoms with Crippen LogP contribution in [-0.4, -0.2) is 82.0 Å². The summed E-state index contributed by atoms with van der Waals surface area (Å²) in [5.74, 6) is -2.51. The first-order valence-electron chi connectivity index (χ1n) is 22.0. The van der Waals surface area contributed by atoms with Crippen molar-refractivity contribution in [1.82, 2.24) is 15.1 Å². The second kappa shape index (κ2) is 16.1. The second-order valence-corrected chi connectivity index (χ2v) is 21.5. The average molecular weight is 766 g/mol. The van der Waals surface area contributed by atoms with E-state index in [9.17, 15) is 24.0 Å². The standard InChI is InChI=1S/C46H75N3O6/c1-12-17-31(38(53)36(51)24-30-18-15-19-30)25-35(50)34-27-46(44(10,11)45(46)21-16-22-45)28-49(34)41(55)32(42(4,5)6)26-37(52)39(43(7,8)9)47-40(54)33-20-13-14-23-48(33)29(2)3/h29-34,39H,12-28H2,1-11H3,(H,47,54)/t31-,32-,33-,34+,39-,46-/m1/s1. The van der Waals surface area contributed by atoms with Gasteiger partial charge in [-0.05, 0) is 99.3 Å². The Kier molecular flexibility index (Phi) is 12.8. The fourth-order valence-electron chi connectivity index (χ4n) is 11.6. The van der Waals surface area contributed by atoms with E-state index >= 15 is 4.79 Å². The molecular formula is C46H75N3O6. The fourth-order valence-corrected chi connectivity index (χ4v) is 11.6. The van der Waals surface area contributed by atoms with Gasteiger partial charge >= 0.3 is 0 Å². The third-order valence-corrected chi connectivity index (χ3v) is 15.6. The SMILES string of the molecule is CCC[C@H](CC(=O)[C@@H]1C[C@@]2(CN1C(=O)[C@@H](CC(=O)[C@@H](NC(=O)[C@H]1CCCCN1C(C)C)C(C)(C)C)C(C)(C)C)C(C)(C)C21CCC1)C(=O)C(=O)CC1CCC1. The van der Waals surface area contributed by atoms with E-state index in [-0.39, 0.29) is 82.7 Å². The summed E-state index contributed by atoms with van der Waals surface area (Å²) in [6.45, 7) is 23.9. The van der Waals surface area contributed by atoms with Gasteiger partial charge in [0.15, 0.2) is 17.3 Å². The summed E-state index contributed by atoms with van der Waals surface area (Å²) in [5.41, 5.74) is -1.35. The Bertz CT molecular complexity index is 1490. The van der Waals surface area contributed by atoms with Crippen LogP contribution in [0.2, 0.25) is 0 Å². The van der Waals surface area contributed by atoms with Crippen LogP contribution in [0.15, 0.2) is 0 Å². The minimum absolute atomic E-state index is 0.0349. The van der Waals surface area contributed by atoms with Crippen molar-refractivity contribution in [2.24, 2.45) is 44.8 Å². The van der Waals surface area contributed by atoms with Gasteiger partial charge < -0.3 is 10.2 Å². The number of Topliss-reactive ketones (excluding diaryl/α,β-unsaturated/α-hetero) is 4. The molecule has 0 aromatic carbocycles. The van der Waals surface area contributed by atoms with Gasteiger partial charge in [-0.15, -0.1) is 0 Å². The molecule has 5 fully saturated rings. The van der Waals surface area contributed by atoms with E-state index in [2.05, 4.69) is 37.9 Å². The summed E-state index contributed by atoms with van der Waals surface area (Å²) in [5, 5.41) is 3.17. The number of likely N-dealkylation sites (tertiary alicyclic amines) is 2. The zero-order chi connectivity index (χ0) is 40.9. The van der Waals surface area contributed by atoms with Crippen LogP contribution in [0.4, 0.5) is 0 Å². The van der Waals surface area contributed by atoms with Gasteiger partial charge in [0.25, 0.3) is 0 Å². The lowest BCUT2D eigenvalue weighted by Gasteiger charge is -2.40. The molecule has 6 atom stereocenters. The first-order chi connectivity index (χ1) is 25.5. The highest BCUT2D eigenvalue weighted by molar-refractivity contribution is 6.38. The zero-order valence-electron chi connectivity index (χ0n) is 36.4. The first kappa shape index (κ1) is 43.7. The summed E-state index contributed by atoms with van der Waals surface area (Å²) in [4.78, 5) is 88.9. The Morgan fingerprint density at radius 1 is 0.800 bits per heavy atom. The van der Waals surface area contributed by atoms with Gasteiger partial charge in [0.2, 0.25) is 17.6 Å². The van der Waals surface area contributed by atoms with E-state index in [1.165, 1.54) is 0 Å². The van der Waals surface area contributed by atoms with Crippen molar-refractivity contribution in [2.45, 2.75) is 197 Å². The van der Waals surface area contributed by atoms with E-state index in [4.69, 9.17) is 0 Å². The maximum Gasteiger partial charge on any atom is 0.237 e. The summed E-state index contributed by atoms with van der Waals surface area (Å²) in [7, 11) is 0. The normalized spacial score (nSPS) is 28.0. The quantitative estimate of drug-likeness (QED) is 0.159. The lowest BCUT2D eigenvalue weighted by Crippen LogP contribution is -2.58. The number of nitrogens with zero attached hydrogens (tertiary/aromatic N) is 2. The summed E-state index contributed by atoms with van der Waals surface area (Å²) in [6.07, 6.45) is 11.0. The molecule has 0 unspecified atom stereocenters. The minimum atomic E-state index is -0.783. The van der Waals surface area contributed by atoms with Gasteiger partial charge in [-0.25, -0.2) is 0 Å². The number of carbonyl (C=O) groups excluding carboxylic acids is 6. The molecule has 0 aromatic heterocycles. The van der Waals surface area contributed by atoms with Gasteiger partial charge in [0.1, 0.15) is 0 Å². The number of ketones is 4. The van der Waals surface area contributed by atoms with Crippen LogP contribution in [0.3, 0.4) is 0 Å². The van der Waals surface area contributed by atoms with E-state index < -0.39 is 40.5 Å². The molecule has 0 bridgehead atoms. The molecule has 310 valence electrons. The summed E-state index contributed by atoms with van der Waals surface area (Å²) < 4.78 is 0. The number of nitrogens with one attached hydrogen (secondary N) is 1. The number of hydrogen-bond acceptors (Lipinski definition) is 7. The zero-order valence-corrected chi connectivity index (χ0v) is 36.4. The summed E-state index contributed by atoms with van der Waals surface area (Å²) in [6, 6.07) is -1.57. The van der Waals surface area contributed by atoms with E-state index in [1.54, 1.807) is 4.90 Å². The van der Waals surface area contributed by atoms with Crippen molar-refractivity contribution in [1.29, 1.82) is 0 Å². The van der Waals surface area contributed by atoms with Crippen LogP contribution in [0.1, 0.15) is 172 Å². The van der Waals surface area contributed by atoms with Crippen molar-refractivity contribution in [3.05, 3.63) is 0 Å². The molecule has 2 saturated heterocycles. The van der Waals surface area contributed by atoms with Gasteiger partial charge in [-0.1, -0.05) is 88.0 Å². The monoisotopic (exact) mass is 766 g/mol. The van der Waals surface area contributed by atoms with Crippen LogP contribution in [0.5, 0.6) is 0 Å². The maximum absolute atomic E-state index is 15.2. The fraction of sp³-hybridized carbons (Fsp3) is 0.870. The van der Waals surface area contributed by atoms with Crippen molar-refractivity contribution in [3.63, 3.8) is 0 Å². The van der Waals surface area contributed by atoms with Crippen LogP contribution in [-0.2, 0) is 28.8 Å². The maximum atomic E-state index is 15.2. The van der Waals surface area contributed by atoms with Crippen LogP contribution >= 0.6 is 0 Å². The van der Waals surface area contributed by atoms with E-state index in [0.29, 0.717) is 25.8 Å². The molecule has 9 heteroatoms. The number of fused-ring (bicyclic) bond motifs is 1. The highest BCUT2D eigenvalue weighted by atomic mass is 16.2. The molecule has 2 heterocycles. The van der Waals surface area contributed by atoms with Gasteiger partial charge in [0, 0.05) is 49.1 Å². The molecule has 3 aliphatic carbocycles. The lowest BCUT2D eigenvalue weighted by molar-refractivity contribution is -0.147. The number of carbonyl (C=O) groups is 6. The van der Waals surface area contributed by atoms with Gasteiger partial charge in [0.05, 0.1) is 18.1 Å². The van der Waals surface area contributed by atoms with Crippen LogP contribution in [0.25, 0.3) is 0 Å². The van der Waals surface area contributed by atoms with Crippen LogP contribution in [0, 0.1) is 44.8 Å². The Labute approximate surface area is 332 Å². The molecule has 2 aliphatic heterocycles. The molecule has 3 saturated carbocycles. The van der Waals surface area contributed by atoms with Gasteiger partial charge in [-0.2, -0.15) is 0 Å². The summed E-state index contributed by atoms with van der Waals surface area (Å²) >= 11 is 0. The number of amides is 2. The lowest BCUT2D eigenvalue weighted by atomic mass is 9.73. The average Bonchev–Trinajstić information content (AvgIpc) is 3.27. The Morgan fingerprint density at radius 2 is 1.45 bits per heavy atom. The third kappa shape index (κ3) is 8.17. The van der Waals surface area contributed by atoms with Crippen molar-refractivity contribution >= 4 is 34.9 Å². The van der Waals surface area contributed by atoms with E-state index in [1.807, 2.05) is 48.5 Å². The molecule has 2 spiro atoms. The predicted octanol–water partition coefficient (Wildman–Crippen LogP) is 7.90. The third-order valence-electron chi connectivity index (χ3n) is 15.6. The van der Waals surface area contributed by atoms with E-state index in [0.717, 1.165) is 64.3 Å². The molecule has 0 aromatic rings. The van der Waals surface area contributed by atoms with Crippen molar-refractivity contribution < 1.29 is 28.8 Å². The Morgan fingerprint density at radius 3 is 1.95 bits per heavy atom. The van der Waals surface area contributed by atoms with Crippen molar-refractivity contribution in [3.8, 4) is 0 Å². The minimum Gasteiger partial charge on any atom is -0.344 e. The highest BCUT2D eigenvalue weighted by Gasteiger charge is 2.85. The number of piperidine rings is 1. The predicted molar refractivity (Wildman–Crippen MR) is 216 cm³/mol. The molecule has 2 amide bonds. The number of hydrogen-bond donors (Lipinski definition) is 1. The molecule has 5 rings (SSSR count). The molecule has 1 N–H and O–H groups in total. The molecular weight excluding hydrogens is 691 g/mol. The highest BCUT2D eigenvalue weighted by Crippen LogP contribution is 2.88. The molecule has 0 radical (unpaired) electrons. The molecule has 55 heavy (non-hydrogen) atoms. The molecule has 9 nitrogen and oxygen atoms in total. The Balaban J connectivity index is 1.40. The largest absolute Gasteiger partial charge is 0.344 e. The Hall–Kier alpha value is -2.42. The first-order valence-corrected chi connectivity index (χ1v) is 22.0. The van der Waals surface area contributed by atoms with Crippen molar-refractivity contribution in [2.75, 3.05) is 13.1 Å². The topological polar surface area (TPSA) is 121 Å². The van der Waals surface area contributed by atoms with Crippen LogP contribution < -0.4 is 5.32 Å². The molecule has 5 aliphatic rings.